The van der Waals surface area contributed by atoms with E-state index in [-0.39, 0.29) is 23.8 Å². The average Bonchev–Trinajstić information content (AvgIpc) is 2.81. The largest absolute Gasteiger partial charge is 0.496 e. The van der Waals surface area contributed by atoms with Gasteiger partial charge >= 0.3 is 0 Å². The Balaban J connectivity index is 2.08. The molecule has 0 aliphatic carbocycles. The Bertz CT molecular complexity index is 641. The lowest BCUT2D eigenvalue weighted by molar-refractivity contribution is -0.115. The van der Waals surface area contributed by atoms with Crippen molar-refractivity contribution in [2.24, 2.45) is 7.05 Å². The zero-order valence-corrected chi connectivity index (χ0v) is 11.6. The molecule has 1 amide bonds. The number of aryl methyl sites for hydroxylation is 1. The van der Waals surface area contributed by atoms with Crippen LogP contribution in [0.1, 0.15) is 17.7 Å². The first-order chi connectivity index (χ1) is 10.0. The van der Waals surface area contributed by atoms with Crippen molar-refractivity contribution < 1.29 is 18.3 Å². The number of methoxy groups -OCH3 is 1. The molecule has 5 nitrogen and oxygen atoms in total. The monoisotopic (exact) mass is 295 g/mol. The maximum absolute atomic E-state index is 12.5. The van der Waals surface area contributed by atoms with Gasteiger partial charge in [-0.25, -0.2) is 8.78 Å². The van der Waals surface area contributed by atoms with E-state index in [1.807, 2.05) is 0 Å². The van der Waals surface area contributed by atoms with E-state index in [1.54, 1.807) is 24.3 Å². The molecule has 0 radical (unpaired) electrons. The molecule has 0 atom stereocenters. The quantitative estimate of drug-likeness (QED) is 0.922. The van der Waals surface area contributed by atoms with E-state index in [4.69, 9.17) is 4.74 Å². The summed E-state index contributed by atoms with van der Waals surface area (Å²) in [5.41, 5.74) is 0.346. The van der Waals surface area contributed by atoms with Gasteiger partial charge in [0.25, 0.3) is 6.43 Å². The molecule has 21 heavy (non-hydrogen) atoms. The van der Waals surface area contributed by atoms with Gasteiger partial charge in [-0.05, 0) is 6.07 Å². The number of ether oxygens (including phenoxy) is 1. The molecule has 0 unspecified atom stereocenters. The van der Waals surface area contributed by atoms with Gasteiger partial charge in [0.15, 0.2) is 0 Å². The van der Waals surface area contributed by atoms with Gasteiger partial charge in [0.1, 0.15) is 17.3 Å². The Kier molecular flexibility index (Phi) is 4.52. The molecule has 0 aliphatic heterocycles. The van der Waals surface area contributed by atoms with Crippen molar-refractivity contribution >= 4 is 11.7 Å². The van der Waals surface area contributed by atoms with Crippen LogP contribution in [0.25, 0.3) is 0 Å². The van der Waals surface area contributed by atoms with Crippen LogP contribution in [-0.4, -0.2) is 22.8 Å². The molecule has 0 saturated heterocycles. The summed E-state index contributed by atoms with van der Waals surface area (Å²) in [7, 11) is 3.01. The van der Waals surface area contributed by atoms with Crippen molar-refractivity contribution in [3.63, 3.8) is 0 Å². The molecule has 7 heteroatoms. The highest BCUT2D eigenvalue weighted by Gasteiger charge is 2.16. The third kappa shape index (κ3) is 3.56. The number of amides is 1. The standard InChI is InChI=1S/C14H15F2N3O2/c1-19-12(8-10(18-19)14(15)16)17-13(20)7-9-5-3-4-6-11(9)21-2/h3-6,8,14H,7H2,1-2H3,(H,17,20). The second-order valence-electron chi connectivity index (χ2n) is 4.42. The lowest BCUT2D eigenvalue weighted by Gasteiger charge is -2.08. The van der Waals surface area contributed by atoms with E-state index in [0.717, 1.165) is 6.07 Å². The van der Waals surface area contributed by atoms with E-state index in [9.17, 15) is 13.6 Å². The molecule has 1 aromatic heterocycles. The average molecular weight is 295 g/mol. The lowest BCUT2D eigenvalue weighted by Crippen LogP contribution is -2.17. The summed E-state index contributed by atoms with van der Waals surface area (Å²) in [5, 5.41) is 6.19. The fourth-order valence-corrected chi connectivity index (χ4v) is 1.92. The van der Waals surface area contributed by atoms with Gasteiger partial charge in [-0.1, -0.05) is 18.2 Å². The second kappa shape index (κ2) is 6.34. The summed E-state index contributed by atoms with van der Waals surface area (Å²) in [6.45, 7) is 0. The first kappa shape index (κ1) is 15.0. The van der Waals surface area contributed by atoms with Crippen LogP contribution < -0.4 is 10.1 Å². The minimum atomic E-state index is -2.67. The molecule has 0 fully saturated rings. The van der Waals surface area contributed by atoms with E-state index in [1.165, 1.54) is 18.8 Å². The topological polar surface area (TPSA) is 56.1 Å². The fourth-order valence-electron chi connectivity index (χ4n) is 1.92. The van der Waals surface area contributed by atoms with Crippen molar-refractivity contribution in [3.8, 4) is 5.75 Å². The summed E-state index contributed by atoms with van der Waals surface area (Å²) in [6.07, 6.45) is -2.59. The van der Waals surface area contributed by atoms with E-state index >= 15 is 0 Å². The molecule has 0 spiro atoms. The zero-order chi connectivity index (χ0) is 15.4. The number of alkyl halides is 2. The molecule has 0 saturated carbocycles. The van der Waals surface area contributed by atoms with Gasteiger partial charge in [0.2, 0.25) is 5.91 Å². The molecule has 1 aromatic carbocycles. The van der Waals surface area contributed by atoms with Gasteiger partial charge in [0.05, 0.1) is 13.5 Å². The number of nitrogens with one attached hydrogen (secondary N) is 1. The third-order valence-corrected chi connectivity index (χ3v) is 2.93. The number of hydrogen-bond donors (Lipinski definition) is 1. The number of anilines is 1. The van der Waals surface area contributed by atoms with Gasteiger partial charge in [0, 0.05) is 18.7 Å². The summed E-state index contributed by atoms with van der Waals surface area (Å²) < 4.78 is 31.4. The molecule has 2 rings (SSSR count). The predicted octanol–water partition coefficient (Wildman–Crippen LogP) is 2.55. The molecule has 1 N–H and O–H groups in total. The number of para-hydroxylation sites is 1. The Hall–Kier alpha value is -2.44. The number of carbonyl (C=O) groups excluding carboxylic acids is 1. The number of nitrogens with zero attached hydrogens (tertiary/aromatic N) is 2. The van der Waals surface area contributed by atoms with Crippen molar-refractivity contribution in [1.29, 1.82) is 0 Å². The maximum atomic E-state index is 12.5. The summed E-state index contributed by atoms with van der Waals surface area (Å²) in [5.74, 6) is 0.499. The van der Waals surface area contributed by atoms with Gasteiger partial charge in [-0.2, -0.15) is 5.10 Å². The van der Waals surface area contributed by atoms with Crippen LogP contribution in [0.4, 0.5) is 14.6 Å². The Morgan fingerprint density at radius 1 is 1.43 bits per heavy atom. The Labute approximate surface area is 120 Å². The first-order valence-electron chi connectivity index (χ1n) is 6.25. The highest BCUT2D eigenvalue weighted by molar-refractivity contribution is 5.91. The van der Waals surface area contributed by atoms with Gasteiger partial charge in [-0.3, -0.25) is 9.48 Å². The fraction of sp³-hybridized carbons (Fsp3) is 0.286. The number of hydrogen-bond acceptors (Lipinski definition) is 3. The summed E-state index contributed by atoms with van der Waals surface area (Å²) >= 11 is 0. The SMILES string of the molecule is COc1ccccc1CC(=O)Nc1cc(C(F)F)nn1C. The number of halogens is 2. The number of benzene rings is 1. The highest BCUT2D eigenvalue weighted by Crippen LogP contribution is 2.21. The molecule has 0 aliphatic rings. The van der Waals surface area contributed by atoms with Crippen LogP contribution in [0.15, 0.2) is 30.3 Å². The Morgan fingerprint density at radius 2 is 2.14 bits per heavy atom. The highest BCUT2D eigenvalue weighted by atomic mass is 19.3. The van der Waals surface area contributed by atoms with E-state index in [0.29, 0.717) is 11.3 Å². The lowest BCUT2D eigenvalue weighted by atomic mass is 10.1. The number of carbonyl (C=O) groups is 1. The molecule has 2 aromatic rings. The smallest absolute Gasteiger partial charge is 0.282 e. The molecular weight excluding hydrogens is 280 g/mol. The van der Waals surface area contributed by atoms with Crippen molar-refractivity contribution in [1.82, 2.24) is 9.78 Å². The van der Waals surface area contributed by atoms with E-state index < -0.39 is 6.43 Å². The van der Waals surface area contributed by atoms with E-state index in [2.05, 4.69) is 10.4 Å². The van der Waals surface area contributed by atoms with Crippen molar-refractivity contribution in [3.05, 3.63) is 41.6 Å². The normalized spacial score (nSPS) is 10.7. The third-order valence-electron chi connectivity index (χ3n) is 2.93. The summed E-state index contributed by atoms with van der Waals surface area (Å²) in [4.78, 5) is 12.0. The van der Waals surface area contributed by atoms with Crippen molar-refractivity contribution in [2.75, 3.05) is 12.4 Å². The first-order valence-corrected chi connectivity index (χ1v) is 6.25. The Morgan fingerprint density at radius 3 is 2.76 bits per heavy atom. The van der Waals surface area contributed by atoms with Crippen LogP contribution in [0.3, 0.4) is 0 Å². The van der Waals surface area contributed by atoms with Crippen LogP contribution in [-0.2, 0) is 18.3 Å². The van der Waals surface area contributed by atoms with Gasteiger partial charge in [-0.15, -0.1) is 0 Å². The molecular formula is C14H15F2N3O2. The maximum Gasteiger partial charge on any atom is 0.282 e. The minimum absolute atomic E-state index is 0.0825. The molecule has 0 bridgehead atoms. The summed E-state index contributed by atoms with van der Waals surface area (Å²) in [6, 6.07) is 8.28. The number of rotatable bonds is 5. The molecule has 1 heterocycles. The molecule has 112 valence electrons. The van der Waals surface area contributed by atoms with Crippen LogP contribution in [0, 0.1) is 0 Å². The minimum Gasteiger partial charge on any atom is -0.496 e. The van der Waals surface area contributed by atoms with Crippen LogP contribution >= 0.6 is 0 Å². The number of aromatic nitrogens is 2. The second-order valence-corrected chi connectivity index (χ2v) is 4.42. The zero-order valence-electron chi connectivity index (χ0n) is 11.6. The van der Waals surface area contributed by atoms with Gasteiger partial charge < -0.3 is 10.1 Å². The van der Waals surface area contributed by atoms with Crippen LogP contribution in [0.2, 0.25) is 0 Å². The predicted molar refractivity (Wildman–Crippen MR) is 73.5 cm³/mol. The van der Waals surface area contributed by atoms with Crippen LogP contribution in [0.5, 0.6) is 5.75 Å². The van der Waals surface area contributed by atoms with Crippen molar-refractivity contribution in [2.45, 2.75) is 12.8 Å².